The van der Waals surface area contributed by atoms with Crippen molar-refractivity contribution in [2.45, 2.75) is 55.6 Å². The summed E-state index contributed by atoms with van der Waals surface area (Å²) in [7, 11) is -2.92. The number of hydrogen-bond acceptors (Lipinski definition) is 5. The molecule has 0 aromatic heterocycles. The molecule has 1 aliphatic carbocycles. The van der Waals surface area contributed by atoms with Crippen LogP contribution in [0.2, 0.25) is 10.0 Å². The predicted molar refractivity (Wildman–Crippen MR) is 185 cm³/mol. The van der Waals surface area contributed by atoms with Gasteiger partial charge in [-0.2, -0.15) is 0 Å². The average molecular weight is 713 g/mol. The average Bonchev–Trinajstić information content (AvgIpc) is 3.60. The highest BCUT2D eigenvalue weighted by molar-refractivity contribution is 7.92. The monoisotopic (exact) mass is 711 g/mol. The van der Waals surface area contributed by atoms with Crippen molar-refractivity contribution < 1.29 is 27.1 Å². The van der Waals surface area contributed by atoms with Gasteiger partial charge in [-0.3, -0.25) is 13.9 Å². The first-order valence-electron chi connectivity index (χ1n) is 15.6. The summed E-state index contributed by atoms with van der Waals surface area (Å²) >= 11 is 13.2. The Hall–Kier alpha value is -4.12. The lowest BCUT2D eigenvalue weighted by molar-refractivity contribution is -0.140. The molecular formula is C36H36Cl2FN3O5S. The van der Waals surface area contributed by atoms with Crippen molar-refractivity contribution in [1.82, 2.24) is 10.2 Å². The fourth-order valence-electron chi connectivity index (χ4n) is 5.79. The molecule has 4 aromatic carbocycles. The minimum Gasteiger partial charge on any atom is -0.497 e. The summed E-state index contributed by atoms with van der Waals surface area (Å²) in [5.74, 6) is -1.19. The Balaban J connectivity index is 1.59. The predicted octanol–water partition coefficient (Wildman–Crippen LogP) is 7.04. The first-order chi connectivity index (χ1) is 23.1. The topological polar surface area (TPSA) is 96.0 Å². The molecule has 1 N–H and O–H groups in total. The number of carbonyl (C=O) groups excluding carboxylic acids is 2. The third kappa shape index (κ3) is 8.47. The number of amides is 2. The molecule has 0 saturated heterocycles. The standard InChI is InChI=1S/C36H36Cl2FN3O5S/c1-47-29-18-20-30(21-19-29)48(45,46)42(28-16-14-26(39)15-17-28)24-35(43)41(23-31-32(37)12-7-13-33(31)38)34(22-25-8-3-2-4-9-25)36(44)40-27-10-5-6-11-27/h2-4,7-9,12-21,27,34H,5-6,10-11,22-24H2,1H3,(H,40,44). The van der Waals surface area contributed by atoms with Gasteiger partial charge in [-0.1, -0.05) is 72.4 Å². The Labute approximate surface area is 290 Å². The molecule has 0 bridgehead atoms. The molecule has 0 heterocycles. The zero-order valence-corrected chi connectivity index (χ0v) is 28.6. The molecule has 0 spiro atoms. The van der Waals surface area contributed by atoms with E-state index in [9.17, 15) is 22.4 Å². The number of anilines is 1. The summed E-state index contributed by atoms with van der Waals surface area (Å²) < 4.78 is 48.4. The van der Waals surface area contributed by atoms with Gasteiger partial charge in [0.25, 0.3) is 10.0 Å². The second-order valence-electron chi connectivity index (χ2n) is 11.6. The fraction of sp³-hybridized carbons (Fsp3) is 0.278. The summed E-state index contributed by atoms with van der Waals surface area (Å²) in [6.45, 7) is -0.878. The maximum absolute atomic E-state index is 14.6. The van der Waals surface area contributed by atoms with Gasteiger partial charge in [0.1, 0.15) is 24.2 Å². The van der Waals surface area contributed by atoms with Crippen LogP contribution in [0.1, 0.15) is 36.8 Å². The van der Waals surface area contributed by atoms with E-state index in [1.54, 1.807) is 18.2 Å². The number of benzene rings is 4. The van der Waals surface area contributed by atoms with Gasteiger partial charge in [0.2, 0.25) is 11.8 Å². The molecule has 5 rings (SSSR count). The molecular weight excluding hydrogens is 676 g/mol. The summed E-state index contributed by atoms with van der Waals surface area (Å²) in [4.78, 5) is 30.0. The molecule has 4 aromatic rings. The number of nitrogens with one attached hydrogen (secondary N) is 1. The highest BCUT2D eigenvalue weighted by atomic mass is 35.5. The van der Waals surface area contributed by atoms with Gasteiger partial charge in [0, 0.05) is 34.6 Å². The molecule has 0 radical (unpaired) electrons. The van der Waals surface area contributed by atoms with E-state index in [0.717, 1.165) is 47.7 Å². The maximum atomic E-state index is 14.6. The van der Waals surface area contributed by atoms with Crippen LogP contribution < -0.4 is 14.4 Å². The van der Waals surface area contributed by atoms with Crippen LogP contribution in [-0.2, 0) is 32.6 Å². The number of methoxy groups -OCH3 is 1. The van der Waals surface area contributed by atoms with Crippen LogP contribution in [0.25, 0.3) is 0 Å². The highest BCUT2D eigenvalue weighted by Crippen LogP contribution is 2.30. The number of carbonyl (C=O) groups is 2. The van der Waals surface area contributed by atoms with E-state index in [0.29, 0.717) is 11.3 Å². The van der Waals surface area contributed by atoms with Crippen LogP contribution in [0.3, 0.4) is 0 Å². The van der Waals surface area contributed by atoms with Gasteiger partial charge in [-0.25, -0.2) is 12.8 Å². The van der Waals surface area contributed by atoms with Crippen molar-refractivity contribution in [3.8, 4) is 5.75 Å². The van der Waals surface area contributed by atoms with E-state index >= 15 is 0 Å². The Kier molecular flexibility index (Phi) is 11.6. The SMILES string of the molecule is COc1ccc(S(=O)(=O)N(CC(=O)N(Cc2c(Cl)cccc2Cl)C(Cc2ccccc2)C(=O)NC2CCCC2)c2ccc(F)cc2)cc1. The van der Waals surface area contributed by atoms with Crippen LogP contribution in [0, 0.1) is 5.82 Å². The van der Waals surface area contributed by atoms with Gasteiger partial charge in [0.05, 0.1) is 17.7 Å². The number of halogens is 3. The van der Waals surface area contributed by atoms with E-state index < -0.39 is 34.3 Å². The summed E-state index contributed by atoms with van der Waals surface area (Å²) in [6, 6.07) is 23.6. The lowest BCUT2D eigenvalue weighted by atomic mass is 10.0. The van der Waals surface area contributed by atoms with E-state index in [1.165, 1.54) is 48.4 Å². The molecule has 1 saturated carbocycles. The van der Waals surface area contributed by atoms with Crippen molar-refractivity contribution in [1.29, 1.82) is 0 Å². The van der Waals surface area contributed by atoms with Gasteiger partial charge in [0.15, 0.2) is 0 Å². The Morgan fingerprint density at radius 3 is 2.12 bits per heavy atom. The van der Waals surface area contributed by atoms with Crippen molar-refractivity contribution in [2.24, 2.45) is 0 Å². The third-order valence-electron chi connectivity index (χ3n) is 8.40. The molecule has 0 aliphatic heterocycles. The number of rotatable bonds is 13. The van der Waals surface area contributed by atoms with E-state index in [1.807, 2.05) is 30.3 Å². The van der Waals surface area contributed by atoms with E-state index in [-0.39, 0.29) is 45.5 Å². The molecule has 48 heavy (non-hydrogen) atoms. The Morgan fingerprint density at radius 2 is 1.52 bits per heavy atom. The van der Waals surface area contributed by atoms with Crippen LogP contribution in [0.15, 0.2) is 102 Å². The molecule has 2 amide bonds. The highest BCUT2D eigenvalue weighted by Gasteiger charge is 2.36. The van der Waals surface area contributed by atoms with Crippen LogP contribution in [0.5, 0.6) is 5.75 Å². The lowest BCUT2D eigenvalue weighted by Crippen LogP contribution is -2.54. The quantitative estimate of drug-likeness (QED) is 0.161. The molecule has 1 aliphatic rings. The maximum Gasteiger partial charge on any atom is 0.264 e. The zero-order chi connectivity index (χ0) is 34.3. The van der Waals surface area contributed by atoms with Gasteiger partial charge in [-0.15, -0.1) is 0 Å². The molecule has 1 fully saturated rings. The van der Waals surface area contributed by atoms with Gasteiger partial charge < -0.3 is 15.0 Å². The molecule has 1 unspecified atom stereocenters. The molecule has 1 atom stereocenters. The minimum absolute atomic E-state index is 0.0391. The number of ether oxygens (including phenoxy) is 1. The van der Waals surface area contributed by atoms with Crippen molar-refractivity contribution >= 4 is 50.7 Å². The Bertz CT molecular complexity index is 1800. The van der Waals surface area contributed by atoms with Crippen molar-refractivity contribution in [2.75, 3.05) is 18.0 Å². The van der Waals surface area contributed by atoms with Gasteiger partial charge >= 0.3 is 0 Å². The Morgan fingerprint density at radius 1 is 0.896 bits per heavy atom. The van der Waals surface area contributed by atoms with E-state index in [4.69, 9.17) is 27.9 Å². The fourth-order valence-corrected chi connectivity index (χ4v) is 7.72. The smallest absolute Gasteiger partial charge is 0.264 e. The largest absolute Gasteiger partial charge is 0.497 e. The normalized spacial score (nSPS) is 13.9. The second kappa shape index (κ2) is 15.9. The minimum atomic E-state index is -4.38. The summed E-state index contributed by atoms with van der Waals surface area (Å²) in [6.07, 6.45) is 3.78. The molecule has 252 valence electrons. The van der Waals surface area contributed by atoms with Crippen molar-refractivity contribution in [3.05, 3.63) is 124 Å². The zero-order valence-electron chi connectivity index (χ0n) is 26.3. The molecule has 12 heteroatoms. The van der Waals surface area contributed by atoms with Gasteiger partial charge in [-0.05, 0) is 79.1 Å². The first-order valence-corrected chi connectivity index (χ1v) is 17.8. The van der Waals surface area contributed by atoms with E-state index in [2.05, 4.69) is 5.32 Å². The summed E-state index contributed by atoms with van der Waals surface area (Å²) in [5, 5.41) is 3.70. The first kappa shape index (κ1) is 35.2. The number of sulfonamides is 1. The molecule has 8 nitrogen and oxygen atoms in total. The number of hydrogen-bond donors (Lipinski definition) is 1. The van der Waals surface area contributed by atoms with Crippen molar-refractivity contribution in [3.63, 3.8) is 0 Å². The van der Waals surface area contributed by atoms with Crippen LogP contribution in [-0.4, -0.2) is 50.9 Å². The van der Waals surface area contributed by atoms with Crippen LogP contribution >= 0.6 is 23.2 Å². The second-order valence-corrected chi connectivity index (χ2v) is 14.3. The van der Waals surface area contributed by atoms with Crippen LogP contribution in [0.4, 0.5) is 10.1 Å². The summed E-state index contributed by atoms with van der Waals surface area (Å²) in [5.41, 5.74) is 1.27. The third-order valence-corrected chi connectivity index (χ3v) is 10.9. The lowest BCUT2D eigenvalue weighted by Gasteiger charge is -2.34. The number of nitrogens with zero attached hydrogens (tertiary/aromatic N) is 2.